The third-order valence-corrected chi connectivity index (χ3v) is 7.88. The van der Waals surface area contributed by atoms with E-state index in [0.717, 1.165) is 33.2 Å². The van der Waals surface area contributed by atoms with Crippen LogP contribution in [0.5, 0.6) is 0 Å². The molecule has 42 heavy (non-hydrogen) atoms. The number of hydrogen-bond donors (Lipinski definition) is 0. The van der Waals surface area contributed by atoms with E-state index in [0.29, 0.717) is 17.5 Å². The average Bonchev–Trinajstić information content (AvgIpc) is 3.08. The van der Waals surface area contributed by atoms with Crippen molar-refractivity contribution in [3.05, 3.63) is 152 Å². The van der Waals surface area contributed by atoms with Gasteiger partial charge < -0.3 is 0 Å². The number of aromatic nitrogens is 3. The van der Waals surface area contributed by atoms with Crippen LogP contribution < -0.4 is 0 Å². The van der Waals surface area contributed by atoms with Crippen LogP contribution >= 0.6 is 0 Å². The summed E-state index contributed by atoms with van der Waals surface area (Å²) in [5.74, 6) is 1.97. The third-order valence-electron chi connectivity index (χ3n) is 7.88. The van der Waals surface area contributed by atoms with Crippen molar-refractivity contribution in [3.63, 3.8) is 0 Å². The van der Waals surface area contributed by atoms with Gasteiger partial charge in [0, 0.05) is 16.7 Å². The Labute approximate surface area is 243 Å². The molecule has 0 atom stereocenters. The van der Waals surface area contributed by atoms with Crippen molar-refractivity contribution in [2.75, 3.05) is 0 Å². The first-order valence-corrected chi connectivity index (χ1v) is 14.1. The molecule has 0 unspecified atom stereocenters. The second-order valence-corrected chi connectivity index (χ2v) is 10.5. The molecule has 0 saturated heterocycles. The predicted molar refractivity (Wildman–Crippen MR) is 174 cm³/mol. The van der Waals surface area contributed by atoms with Crippen LogP contribution in [0, 0.1) is 0 Å². The van der Waals surface area contributed by atoms with Crippen molar-refractivity contribution in [2.24, 2.45) is 0 Å². The number of benzene rings is 7. The van der Waals surface area contributed by atoms with Gasteiger partial charge in [0.1, 0.15) is 0 Å². The summed E-state index contributed by atoms with van der Waals surface area (Å²) in [6.45, 7) is 0. The first kappa shape index (κ1) is 24.2. The Balaban J connectivity index is 1.31. The Kier molecular flexibility index (Phi) is 5.79. The van der Waals surface area contributed by atoms with Gasteiger partial charge in [0.25, 0.3) is 0 Å². The lowest BCUT2D eigenvalue weighted by Gasteiger charge is -2.11. The zero-order chi connectivity index (χ0) is 27.9. The molecule has 0 bridgehead atoms. The van der Waals surface area contributed by atoms with Gasteiger partial charge >= 0.3 is 0 Å². The largest absolute Gasteiger partial charge is 0.208 e. The van der Waals surface area contributed by atoms with E-state index in [1.165, 1.54) is 26.9 Å². The van der Waals surface area contributed by atoms with Gasteiger partial charge in [0.2, 0.25) is 0 Å². The van der Waals surface area contributed by atoms with E-state index in [1.807, 2.05) is 36.4 Å². The van der Waals surface area contributed by atoms with Gasteiger partial charge in [-0.25, -0.2) is 15.0 Å². The lowest BCUT2D eigenvalue weighted by molar-refractivity contribution is 1.07. The van der Waals surface area contributed by atoms with Gasteiger partial charge in [0.05, 0.1) is 0 Å². The van der Waals surface area contributed by atoms with Gasteiger partial charge in [-0.3, -0.25) is 0 Å². The predicted octanol–water partition coefficient (Wildman–Crippen LogP) is 10.00. The number of hydrogen-bond acceptors (Lipinski definition) is 3. The lowest BCUT2D eigenvalue weighted by Crippen LogP contribution is -2.00. The highest BCUT2D eigenvalue weighted by Crippen LogP contribution is 2.34. The molecule has 3 nitrogen and oxygen atoms in total. The summed E-state index contributed by atoms with van der Waals surface area (Å²) in [6, 6.07) is 52.8. The summed E-state index contributed by atoms with van der Waals surface area (Å²) in [4.78, 5) is 15.0. The average molecular weight is 536 g/mol. The molecule has 0 aliphatic rings. The lowest BCUT2D eigenvalue weighted by atomic mass is 9.95. The first-order chi connectivity index (χ1) is 20.8. The summed E-state index contributed by atoms with van der Waals surface area (Å²) in [5, 5.41) is 7.40. The second kappa shape index (κ2) is 10.1. The Hall–Kier alpha value is -5.67. The summed E-state index contributed by atoms with van der Waals surface area (Å²) < 4.78 is 0. The summed E-state index contributed by atoms with van der Waals surface area (Å²) in [7, 11) is 0. The van der Waals surface area contributed by atoms with E-state index >= 15 is 0 Å². The Morgan fingerprint density at radius 3 is 1.57 bits per heavy atom. The fourth-order valence-electron chi connectivity index (χ4n) is 5.79. The molecule has 0 radical (unpaired) electrons. The van der Waals surface area contributed by atoms with E-state index < -0.39 is 0 Å². The number of rotatable bonds is 4. The van der Waals surface area contributed by atoms with Crippen molar-refractivity contribution in [3.8, 4) is 45.3 Å². The van der Waals surface area contributed by atoms with Crippen LogP contribution in [0.4, 0.5) is 0 Å². The molecule has 3 heteroatoms. The fourth-order valence-corrected chi connectivity index (χ4v) is 5.79. The van der Waals surface area contributed by atoms with Crippen LogP contribution in [0.3, 0.4) is 0 Å². The molecule has 1 aromatic heterocycles. The van der Waals surface area contributed by atoms with Crippen LogP contribution in [0.25, 0.3) is 77.6 Å². The van der Waals surface area contributed by atoms with Gasteiger partial charge in [-0.05, 0) is 55.6 Å². The third kappa shape index (κ3) is 4.29. The first-order valence-electron chi connectivity index (χ1n) is 14.1. The van der Waals surface area contributed by atoms with Crippen LogP contribution in [0.2, 0.25) is 0 Å². The molecule has 7 aromatic carbocycles. The minimum atomic E-state index is 0.654. The molecule has 8 aromatic rings. The van der Waals surface area contributed by atoms with Crippen LogP contribution in [-0.2, 0) is 0 Å². The standard InChI is InChI=1S/C39H25N3/c1-3-10-26(11-4-1)30-15-9-16-32(24-30)38-40-37(29-13-5-2-6-14-29)41-39(42-38)33-22-23-35-31(25-33)21-20-28-19-18-27-12-7-8-17-34(27)36(28)35/h1-25H. The van der Waals surface area contributed by atoms with E-state index in [1.54, 1.807) is 0 Å². The highest BCUT2D eigenvalue weighted by atomic mass is 15.0. The van der Waals surface area contributed by atoms with E-state index in [4.69, 9.17) is 15.0 Å². The monoisotopic (exact) mass is 535 g/mol. The van der Waals surface area contributed by atoms with E-state index in [-0.39, 0.29) is 0 Å². The molecule has 196 valence electrons. The van der Waals surface area contributed by atoms with Gasteiger partial charge in [-0.1, -0.05) is 140 Å². The van der Waals surface area contributed by atoms with E-state index in [2.05, 4.69) is 115 Å². The van der Waals surface area contributed by atoms with Crippen LogP contribution in [0.1, 0.15) is 0 Å². The molecule has 8 rings (SSSR count). The molecule has 0 saturated carbocycles. The molecule has 0 aliphatic carbocycles. The maximum Gasteiger partial charge on any atom is 0.164 e. The van der Waals surface area contributed by atoms with Crippen molar-refractivity contribution in [1.29, 1.82) is 0 Å². The van der Waals surface area contributed by atoms with Crippen molar-refractivity contribution < 1.29 is 0 Å². The SMILES string of the molecule is c1ccc(-c2cccc(-c3nc(-c4ccccc4)nc(-c4ccc5c(ccc6ccc7ccccc7c65)c4)n3)c2)cc1. The normalized spacial score (nSPS) is 11.3. The molecule has 1 heterocycles. The van der Waals surface area contributed by atoms with Crippen molar-refractivity contribution in [2.45, 2.75) is 0 Å². The summed E-state index contributed by atoms with van der Waals surface area (Å²) >= 11 is 0. The zero-order valence-electron chi connectivity index (χ0n) is 22.8. The number of nitrogens with zero attached hydrogens (tertiary/aromatic N) is 3. The van der Waals surface area contributed by atoms with Crippen LogP contribution in [0.15, 0.2) is 152 Å². The van der Waals surface area contributed by atoms with Gasteiger partial charge in [0.15, 0.2) is 17.5 Å². The molecule has 0 aliphatic heterocycles. The second-order valence-electron chi connectivity index (χ2n) is 10.5. The fraction of sp³-hybridized carbons (Fsp3) is 0. The highest BCUT2D eigenvalue weighted by molar-refractivity contribution is 6.20. The Bertz CT molecular complexity index is 2240. The molecular formula is C39H25N3. The molecular weight excluding hydrogens is 510 g/mol. The maximum atomic E-state index is 5.03. The highest BCUT2D eigenvalue weighted by Gasteiger charge is 2.14. The molecule has 0 spiro atoms. The molecule has 0 amide bonds. The van der Waals surface area contributed by atoms with E-state index in [9.17, 15) is 0 Å². The van der Waals surface area contributed by atoms with Crippen LogP contribution in [-0.4, -0.2) is 15.0 Å². The smallest absolute Gasteiger partial charge is 0.164 e. The Morgan fingerprint density at radius 2 is 0.810 bits per heavy atom. The molecule has 0 fully saturated rings. The van der Waals surface area contributed by atoms with Gasteiger partial charge in [-0.2, -0.15) is 0 Å². The molecule has 0 N–H and O–H groups in total. The van der Waals surface area contributed by atoms with Gasteiger partial charge in [-0.15, -0.1) is 0 Å². The minimum absolute atomic E-state index is 0.654. The summed E-state index contributed by atoms with van der Waals surface area (Å²) in [5.41, 5.74) is 5.16. The topological polar surface area (TPSA) is 38.7 Å². The summed E-state index contributed by atoms with van der Waals surface area (Å²) in [6.07, 6.45) is 0. The Morgan fingerprint density at radius 1 is 0.286 bits per heavy atom. The zero-order valence-corrected chi connectivity index (χ0v) is 22.8. The van der Waals surface area contributed by atoms with Crippen molar-refractivity contribution in [1.82, 2.24) is 15.0 Å². The minimum Gasteiger partial charge on any atom is -0.208 e. The number of fused-ring (bicyclic) bond motifs is 5. The quantitative estimate of drug-likeness (QED) is 0.211. The van der Waals surface area contributed by atoms with Crippen molar-refractivity contribution >= 4 is 32.3 Å². The maximum absolute atomic E-state index is 5.03.